The third-order valence-corrected chi connectivity index (χ3v) is 3.72. The maximum Gasteiger partial charge on any atom is 0.139 e. The average Bonchev–Trinajstić information content (AvgIpc) is 2.83. The molecule has 1 unspecified atom stereocenters. The Hall–Kier alpha value is -1.62. The van der Waals surface area contributed by atoms with E-state index in [0.717, 1.165) is 36.3 Å². The Balaban J connectivity index is 2.40. The predicted molar refractivity (Wildman–Crippen MR) is 77.0 cm³/mol. The Morgan fingerprint density at radius 2 is 2.32 bits per heavy atom. The predicted octanol–water partition coefficient (Wildman–Crippen LogP) is 1.33. The van der Waals surface area contributed by atoms with Gasteiger partial charge in [-0.1, -0.05) is 0 Å². The summed E-state index contributed by atoms with van der Waals surface area (Å²) in [5, 5.41) is 7.75. The number of ether oxygens (including phenoxy) is 1. The molecule has 0 saturated heterocycles. The fraction of sp³-hybridized carbons (Fsp3) is 0.571. The van der Waals surface area contributed by atoms with Crippen molar-refractivity contribution in [1.29, 1.82) is 5.41 Å². The number of anilines is 1. The summed E-state index contributed by atoms with van der Waals surface area (Å²) >= 11 is 0. The Morgan fingerprint density at radius 3 is 2.95 bits per heavy atom. The minimum atomic E-state index is 0.0775. The molecule has 2 rings (SSSR count). The molecule has 0 bridgehead atoms. The number of hydrogen-bond donors (Lipinski definition) is 2. The molecule has 1 aliphatic carbocycles. The lowest BCUT2D eigenvalue weighted by atomic mass is 10.1. The Bertz CT molecular complexity index is 487. The number of nitrogens with zero attached hydrogens (tertiary/aromatic N) is 2. The molecule has 19 heavy (non-hydrogen) atoms. The SMILES string of the molecule is COCC(C)N(C)c1nc2c(cc1C(=N)N)CCC2. The van der Waals surface area contributed by atoms with Gasteiger partial charge in [0, 0.05) is 19.9 Å². The van der Waals surface area contributed by atoms with Crippen molar-refractivity contribution < 1.29 is 4.74 Å². The molecule has 0 aliphatic heterocycles. The van der Waals surface area contributed by atoms with Crippen LogP contribution in [0.4, 0.5) is 5.82 Å². The van der Waals surface area contributed by atoms with Crippen LogP contribution in [0.25, 0.3) is 0 Å². The van der Waals surface area contributed by atoms with Crippen molar-refractivity contribution in [2.45, 2.75) is 32.2 Å². The van der Waals surface area contributed by atoms with Gasteiger partial charge in [-0.3, -0.25) is 5.41 Å². The van der Waals surface area contributed by atoms with E-state index < -0.39 is 0 Å². The summed E-state index contributed by atoms with van der Waals surface area (Å²) < 4.78 is 5.18. The lowest BCUT2D eigenvalue weighted by Crippen LogP contribution is -2.35. The van der Waals surface area contributed by atoms with Crippen molar-refractivity contribution in [3.05, 3.63) is 22.9 Å². The van der Waals surface area contributed by atoms with Crippen LogP contribution < -0.4 is 10.6 Å². The molecule has 1 aliphatic rings. The molecule has 0 amide bonds. The van der Waals surface area contributed by atoms with Crippen molar-refractivity contribution in [2.24, 2.45) is 5.73 Å². The first-order valence-electron chi connectivity index (χ1n) is 6.63. The van der Waals surface area contributed by atoms with Crippen LogP contribution in [-0.2, 0) is 17.6 Å². The largest absolute Gasteiger partial charge is 0.384 e. The number of nitrogens with two attached hydrogens (primary N) is 1. The van der Waals surface area contributed by atoms with E-state index in [0.29, 0.717) is 6.61 Å². The van der Waals surface area contributed by atoms with Crippen LogP contribution >= 0.6 is 0 Å². The number of rotatable bonds is 5. The molecule has 0 aromatic carbocycles. The van der Waals surface area contributed by atoms with Gasteiger partial charge < -0.3 is 15.4 Å². The van der Waals surface area contributed by atoms with Crippen molar-refractivity contribution in [2.75, 3.05) is 25.7 Å². The van der Waals surface area contributed by atoms with Crippen molar-refractivity contribution in [1.82, 2.24) is 4.98 Å². The van der Waals surface area contributed by atoms with Crippen LogP contribution in [-0.4, -0.2) is 37.6 Å². The number of fused-ring (bicyclic) bond motifs is 1. The summed E-state index contributed by atoms with van der Waals surface area (Å²) in [7, 11) is 3.66. The molecule has 0 saturated carbocycles. The Labute approximate surface area is 114 Å². The number of likely N-dealkylation sites (N-methyl/N-ethyl adjacent to an activating group) is 1. The normalized spacial score (nSPS) is 15.1. The summed E-state index contributed by atoms with van der Waals surface area (Å²) in [6.07, 6.45) is 3.20. The van der Waals surface area contributed by atoms with E-state index in [1.54, 1.807) is 7.11 Å². The van der Waals surface area contributed by atoms with Gasteiger partial charge in [0.2, 0.25) is 0 Å². The van der Waals surface area contributed by atoms with Crippen LogP contribution in [0.15, 0.2) is 6.07 Å². The topological polar surface area (TPSA) is 75.2 Å². The zero-order chi connectivity index (χ0) is 14.0. The van der Waals surface area contributed by atoms with E-state index in [2.05, 4.69) is 6.92 Å². The number of pyridine rings is 1. The maximum absolute atomic E-state index is 7.75. The molecule has 3 N–H and O–H groups in total. The molecule has 5 heteroatoms. The minimum absolute atomic E-state index is 0.0775. The molecular formula is C14H22N4O. The van der Waals surface area contributed by atoms with E-state index in [4.69, 9.17) is 20.9 Å². The van der Waals surface area contributed by atoms with Gasteiger partial charge in [0.1, 0.15) is 11.7 Å². The smallest absolute Gasteiger partial charge is 0.139 e. The van der Waals surface area contributed by atoms with Crippen LogP contribution in [0.5, 0.6) is 0 Å². The maximum atomic E-state index is 7.75. The fourth-order valence-electron chi connectivity index (χ4n) is 2.49. The van der Waals surface area contributed by atoms with Gasteiger partial charge in [-0.15, -0.1) is 0 Å². The Morgan fingerprint density at radius 1 is 1.58 bits per heavy atom. The summed E-state index contributed by atoms with van der Waals surface area (Å²) in [4.78, 5) is 6.77. The summed E-state index contributed by atoms with van der Waals surface area (Å²) in [5.41, 5.74) is 8.82. The lowest BCUT2D eigenvalue weighted by molar-refractivity contribution is 0.183. The molecule has 1 aromatic rings. The van der Waals surface area contributed by atoms with E-state index in [9.17, 15) is 0 Å². The minimum Gasteiger partial charge on any atom is -0.384 e. The third kappa shape index (κ3) is 2.71. The first-order chi connectivity index (χ1) is 9.04. The number of nitrogen functional groups attached to an aromatic ring is 1. The highest BCUT2D eigenvalue weighted by Gasteiger charge is 2.21. The van der Waals surface area contributed by atoms with Gasteiger partial charge in [0.05, 0.1) is 18.2 Å². The molecule has 0 spiro atoms. The van der Waals surface area contributed by atoms with E-state index >= 15 is 0 Å². The van der Waals surface area contributed by atoms with Gasteiger partial charge >= 0.3 is 0 Å². The number of aryl methyl sites for hydroxylation is 2. The first-order valence-corrected chi connectivity index (χ1v) is 6.63. The standard InChI is InChI=1S/C14H22N4O/c1-9(8-19-3)18(2)14-11(13(15)16)7-10-5-4-6-12(10)17-14/h7,9H,4-6,8H2,1-3H3,(H3,15,16). The number of amidine groups is 1. The quantitative estimate of drug-likeness (QED) is 0.620. The van der Waals surface area contributed by atoms with Crippen LogP contribution in [0, 0.1) is 5.41 Å². The molecule has 0 fully saturated rings. The second kappa shape index (κ2) is 5.57. The van der Waals surface area contributed by atoms with Gasteiger partial charge in [-0.2, -0.15) is 0 Å². The zero-order valence-corrected chi connectivity index (χ0v) is 11.9. The van der Waals surface area contributed by atoms with Crippen LogP contribution in [0.1, 0.15) is 30.2 Å². The fourth-order valence-corrected chi connectivity index (χ4v) is 2.49. The molecule has 0 radical (unpaired) electrons. The third-order valence-electron chi connectivity index (χ3n) is 3.72. The number of methoxy groups -OCH3 is 1. The molecule has 104 valence electrons. The summed E-state index contributed by atoms with van der Waals surface area (Å²) in [6, 6.07) is 2.22. The molecule has 1 atom stereocenters. The number of aromatic nitrogens is 1. The molecule has 1 heterocycles. The second-order valence-corrected chi connectivity index (χ2v) is 5.15. The van der Waals surface area contributed by atoms with Gasteiger partial charge in [0.25, 0.3) is 0 Å². The summed E-state index contributed by atoms with van der Waals surface area (Å²) in [5.74, 6) is 0.867. The highest BCUT2D eigenvalue weighted by atomic mass is 16.5. The van der Waals surface area contributed by atoms with Crippen LogP contribution in [0.3, 0.4) is 0 Å². The van der Waals surface area contributed by atoms with Gasteiger partial charge in [-0.05, 0) is 37.8 Å². The van der Waals surface area contributed by atoms with Crippen molar-refractivity contribution >= 4 is 11.7 Å². The monoisotopic (exact) mass is 262 g/mol. The number of nitrogens with one attached hydrogen (secondary N) is 1. The zero-order valence-electron chi connectivity index (χ0n) is 11.9. The van der Waals surface area contributed by atoms with Crippen molar-refractivity contribution in [3.8, 4) is 0 Å². The van der Waals surface area contributed by atoms with Gasteiger partial charge in [0.15, 0.2) is 0 Å². The average molecular weight is 262 g/mol. The highest BCUT2D eigenvalue weighted by molar-refractivity contribution is 6.00. The Kier molecular flexibility index (Phi) is 4.04. The molecule has 1 aromatic heterocycles. The van der Waals surface area contributed by atoms with Crippen molar-refractivity contribution in [3.63, 3.8) is 0 Å². The molecule has 5 nitrogen and oxygen atoms in total. The highest BCUT2D eigenvalue weighted by Crippen LogP contribution is 2.27. The van der Waals surface area contributed by atoms with Crippen LogP contribution in [0.2, 0.25) is 0 Å². The second-order valence-electron chi connectivity index (χ2n) is 5.15. The van der Waals surface area contributed by atoms with E-state index in [1.807, 2.05) is 18.0 Å². The summed E-state index contributed by atoms with van der Waals surface area (Å²) in [6.45, 7) is 2.69. The van der Waals surface area contributed by atoms with Gasteiger partial charge in [-0.25, -0.2) is 4.98 Å². The van der Waals surface area contributed by atoms with E-state index in [-0.39, 0.29) is 11.9 Å². The lowest BCUT2D eigenvalue weighted by Gasteiger charge is -2.27. The first kappa shape index (κ1) is 13.8. The molecular weight excluding hydrogens is 240 g/mol. The van der Waals surface area contributed by atoms with E-state index in [1.165, 1.54) is 5.56 Å². The number of hydrogen-bond acceptors (Lipinski definition) is 4.